The maximum atomic E-state index is 5.45. The molecule has 0 bridgehead atoms. The molecule has 0 amide bonds. The smallest absolute Gasteiger partial charge is 0.0784 e. The van der Waals surface area contributed by atoms with Crippen LogP contribution in [0.25, 0.3) is 0 Å². The number of thiocarbonyl (C=S) groups is 1. The second kappa shape index (κ2) is 14.8. The molecule has 0 aromatic rings. The molecule has 0 radical (unpaired) electrons. The lowest BCUT2D eigenvalue weighted by molar-refractivity contribution is 0.504. The first-order valence-electron chi connectivity index (χ1n) is 11.3. The van der Waals surface area contributed by atoms with E-state index in [0.29, 0.717) is 5.92 Å². The monoisotopic (exact) mass is 401 g/mol. The molecule has 0 spiro atoms. The van der Waals surface area contributed by atoms with Crippen molar-refractivity contribution in [3.8, 4) is 0 Å². The molecular weight excluding hydrogens is 358 g/mol. The van der Waals surface area contributed by atoms with Gasteiger partial charge in [0.2, 0.25) is 0 Å². The van der Waals surface area contributed by atoms with Gasteiger partial charge in [-0.1, -0.05) is 58.8 Å². The van der Waals surface area contributed by atoms with E-state index in [2.05, 4.69) is 64.2 Å². The van der Waals surface area contributed by atoms with E-state index >= 15 is 0 Å². The van der Waals surface area contributed by atoms with Crippen LogP contribution in [-0.4, -0.2) is 11.5 Å². The molecule has 1 atom stereocenters. The van der Waals surface area contributed by atoms with E-state index < -0.39 is 0 Å². The predicted molar refractivity (Wildman–Crippen MR) is 131 cm³/mol. The van der Waals surface area contributed by atoms with Gasteiger partial charge in [-0.2, -0.15) is 0 Å². The van der Waals surface area contributed by atoms with Gasteiger partial charge in [-0.25, -0.2) is 0 Å². The van der Waals surface area contributed by atoms with Gasteiger partial charge in [-0.3, -0.25) is 0 Å². The van der Waals surface area contributed by atoms with Crippen LogP contribution in [0.4, 0.5) is 0 Å². The Hall–Kier alpha value is -1.15. The first kappa shape index (κ1) is 24.9. The molecule has 1 heterocycles. The third-order valence-corrected chi connectivity index (χ3v) is 6.04. The minimum absolute atomic E-state index is 0.604. The van der Waals surface area contributed by atoms with E-state index in [1.807, 2.05) is 0 Å². The number of unbranched alkanes of at least 4 members (excludes halogenated alkanes) is 1. The summed E-state index contributed by atoms with van der Waals surface area (Å²) in [5.41, 5.74) is 5.99. The Balaban J connectivity index is 2.19. The van der Waals surface area contributed by atoms with Crippen LogP contribution >= 0.6 is 12.2 Å². The van der Waals surface area contributed by atoms with Gasteiger partial charge in [0.15, 0.2) is 0 Å². The van der Waals surface area contributed by atoms with Crippen LogP contribution in [-0.2, 0) is 0 Å². The zero-order valence-corrected chi connectivity index (χ0v) is 19.9. The van der Waals surface area contributed by atoms with Gasteiger partial charge in [0.25, 0.3) is 0 Å². The number of allylic oxidation sites excluding steroid dienone is 8. The van der Waals surface area contributed by atoms with Crippen molar-refractivity contribution >= 4 is 17.2 Å². The van der Waals surface area contributed by atoms with Crippen molar-refractivity contribution in [2.45, 2.75) is 98.8 Å². The average molecular weight is 402 g/mol. The van der Waals surface area contributed by atoms with Gasteiger partial charge in [-0.15, -0.1) is 0 Å². The summed E-state index contributed by atoms with van der Waals surface area (Å²) in [5.74, 6) is 0.604. The molecule has 1 N–H and O–H groups in total. The van der Waals surface area contributed by atoms with Crippen LogP contribution in [0.2, 0.25) is 0 Å². The lowest BCUT2D eigenvalue weighted by Gasteiger charge is -2.24. The van der Waals surface area contributed by atoms with Crippen LogP contribution < -0.4 is 5.32 Å². The molecule has 1 fully saturated rings. The highest BCUT2D eigenvalue weighted by atomic mass is 32.1. The Morgan fingerprint density at radius 3 is 1.93 bits per heavy atom. The van der Waals surface area contributed by atoms with Gasteiger partial charge in [0, 0.05) is 12.5 Å². The largest absolute Gasteiger partial charge is 0.379 e. The van der Waals surface area contributed by atoms with Crippen LogP contribution in [0.15, 0.2) is 46.6 Å². The first-order chi connectivity index (χ1) is 13.4. The van der Waals surface area contributed by atoms with Gasteiger partial charge in [0.05, 0.1) is 4.99 Å². The Kier molecular flexibility index (Phi) is 13.1. The number of rotatable bonds is 12. The van der Waals surface area contributed by atoms with Gasteiger partial charge >= 0.3 is 0 Å². The fourth-order valence-electron chi connectivity index (χ4n) is 3.61. The highest BCUT2D eigenvalue weighted by molar-refractivity contribution is 7.80. The summed E-state index contributed by atoms with van der Waals surface area (Å²) in [5, 5.41) is 3.36. The predicted octanol–water partition coefficient (Wildman–Crippen LogP) is 8.24. The summed E-state index contributed by atoms with van der Waals surface area (Å²) < 4.78 is 0. The zero-order chi connectivity index (χ0) is 20.8. The highest BCUT2D eigenvalue weighted by Crippen LogP contribution is 2.21. The Morgan fingerprint density at radius 2 is 1.36 bits per heavy atom. The molecule has 1 aliphatic heterocycles. The SMILES string of the molecule is CC(C)=CCC/C(C)=C/CC/C(C)=C/CC/C=C(\C)CCC1CCCNC1=S. The molecule has 28 heavy (non-hydrogen) atoms. The van der Waals surface area contributed by atoms with E-state index in [-0.39, 0.29) is 0 Å². The number of nitrogens with one attached hydrogen (secondary N) is 1. The fraction of sp³-hybridized carbons (Fsp3) is 0.654. The van der Waals surface area contributed by atoms with Crippen molar-refractivity contribution in [3.63, 3.8) is 0 Å². The molecule has 0 aromatic heterocycles. The molecule has 1 aliphatic rings. The van der Waals surface area contributed by atoms with E-state index in [0.717, 1.165) is 24.4 Å². The average Bonchev–Trinajstić information content (AvgIpc) is 2.64. The Bertz CT molecular complexity index is 588. The van der Waals surface area contributed by atoms with E-state index in [1.54, 1.807) is 0 Å². The minimum atomic E-state index is 0.604. The van der Waals surface area contributed by atoms with E-state index in [1.165, 1.54) is 73.7 Å². The molecule has 0 aliphatic carbocycles. The molecule has 0 aromatic carbocycles. The highest BCUT2D eigenvalue weighted by Gasteiger charge is 2.17. The summed E-state index contributed by atoms with van der Waals surface area (Å²) in [7, 11) is 0. The number of hydrogen-bond acceptors (Lipinski definition) is 1. The lowest BCUT2D eigenvalue weighted by atomic mass is 9.92. The fourth-order valence-corrected chi connectivity index (χ4v) is 3.95. The lowest BCUT2D eigenvalue weighted by Crippen LogP contribution is -2.34. The molecule has 1 unspecified atom stereocenters. The molecular formula is C26H43NS. The summed E-state index contributed by atoms with van der Waals surface area (Å²) in [6.07, 6.45) is 21.6. The first-order valence-corrected chi connectivity index (χ1v) is 11.7. The molecule has 0 saturated carbocycles. The summed E-state index contributed by atoms with van der Waals surface area (Å²) in [6, 6.07) is 0. The quantitative estimate of drug-likeness (QED) is 0.201. The van der Waals surface area contributed by atoms with Crippen molar-refractivity contribution in [1.82, 2.24) is 5.32 Å². The summed E-state index contributed by atoms with van der Waals surface area (Å²) >= 11 is 5.45. The maximum Gasteiger partial charge on any atom is 0.0784 e. The van der Waals surface area contributed by atoms with Crippen LogP contribution in [0.5, 0.6) is 0 Å². The van der Waals surface area contributed by atoms with Crippen molar-refractivity contribution in [3.05, 3.63) is 46.6 Å². The van der Waals surface area contributed by atoms with E-state index in [4.69, 9.17) is 12.2 Å². The van der Waals surface area contributed by atoms with Crippen LogP contribution in [0.1, 0.15) is 98.8 Å². The van der Waals surface area contributed by atoms with Crippen LogP contribution in [0, 0.1) is 5.92 Å². The van der Waals surface area contributed by atoms with Gasteiger partial charge in [0.1, 0.15) is 0 Å². The number of hydrogen-bond donors (Lipinski definition) is 1. The third-order valence-electron chi connectivity index (χ3n) is 5.56. The second-order valence-electron chi connectivity index (χ2n) is 8.76. The Labute approximate surface area is 180 Å². The number of piperidine rings is 1. The second-order valence-corrected chi connectivity index (χ2v) is 9.20. The molecule has 1 saturated heterocycles. The van der Waals surface area contributed by atoms with Gasteiger partial charge in [-0.05, 0) is 98.8 Å². The molecule has 1 rings (SSSR count). The van der Waals surface area contributed by atoms with Crippen molar-refractivity contribution in [1.29, 1.82) is 0 Å². The summed E-state index contributed by atoms with van der Waals surface area (Å²) in [6.45, 7) is 12.2. The zero-order valence-electron chi connectivity index (χ0n) is 19.1. The van der Waals surface area contributed by atoms with Crippen molar-refractivity contribution < 1.29 is 0 Å². The van der Waals surface area contributed by atoms with Crippen LogP contribution in [0.3, 0.4) is 0 Å². The van der Waals surface area contributed by atoms with E-state index in [9.17, 15) is 0 Å². The molecule has 1 nitrogen and oxygen atoms in total. The maximum absolute atomic E-state index is 5.45. The summed E-state index contributed by atoms with van der Waals surface area (Å²) in [4.78, 5) is 1.10. The standard InChI is InChI=1S/C26H43NS/c1-21(2)11-8-14-23(4)16-9-15-22(3)12-6-7-13-24(5)18-19-25-17-10-20-27-26(25)28/h11-13,16,25H,6-10,14-15,17-20H2,1-5H3,(H,27,28)/b22-12+,23-16+,24-13+. The normalized spacial score (nSPS) is 18.8. The minimum Gasteiger partial charge on any atom is -0.379 e. The van der Waals surface area contributed by atoms with Crippen molar-refractivity contribution in [2.24, 2.45) is 5.92 Å². The molecule has 158 valence electrons. The molecule has 2 heteroatoms. The topological polar surface area (TPSA) is 12.0 Å². The van der Waals surface area contributed by atoms with Crippen molar-refractivity contribution in [2.75, 3.05) is 6.54 Å². The Morgan fingerprint density at radius 1 is 0.821 bits per heavy atom. The third kappa shape index (κ3) is 12.3. The van der Waals surface area contributed by atoms with Gasteiger partial charge < -0.3 is 5.32 Å².